The standard InChI is InChI=1S/C28H53NO/c1-4-5-6-7-8-9-10-11-12-13-14-23-28(30)29(26-21-17-15-19-24(26)2)27-22-18-16-20-25(27)3/h24-27H,4-23H2,1-3H3. The normalized spacial score (nSPS) is 27.2. The lowest BCUT2D eigenvalue weighted by atomic mass is 9.79. The lowest BCUT2D eigenvalue weighted by Gasteiger charge is -2.47. The molecule has 0 N–H and O–H groups in total. The third kappa shape index (κ3) is 8.91. The molecule has 2 aliphatic carbocycles. The topological polar surface area (TPSA) is 20.3 Å². The molecule has 0 heterocycles. The molecule has 2 heteroatoms. The van der Waals surface area contributed by atoms with Crippen molar-refractivity contribution in [2.45, 2.75) is 161 Å². The Morgan fingerprint density at radius 2 is 1.03 bits per heavy atom. The van der Waals surface area contributed by atoms with Crippen LogP contribution in [0.3, 0.4) is 0 Å². The number of carbonyl (C=O) groups is 1. The summed E-state index contributed by atoms with van der Waals surface area (Å²) in [6, 6.07) is 1.04. The number of hydrogen-bond acceptors (Lipinski definition) is 1. The largest absolute Gasteiger partial charge is 0.336 e. The number of amides is 1. The van der Waals surface area contributed by atoms with Gasteiger partial charge in [-0.25, -0.2) is 0 Å². The molecule has 30 heavy (non-hydrogen) atoms. The van der Waals surface area contributed by atoms with Crippen molar-refractivity contribution in [3.8, 4) is 0 Å². The summed E-state index contributed by atoms with van der Waals surface area (Å²) in [5, 5.41) is 0. The molecule has 0 radical (unpaired) electrons. The second kappa shape index (κ2) is 15.3. The van der Waals surface area contributed by atoms with Crippen molar-refractivity contribution in [1.82, 2.24) is 4.90 Å². The van der Waals surface area contributed by atoms with Crippen molar-refractivity contribution in [1.29, 1.82) is 0 Å². The molecule has 2 nitrogen and oxygen atoms in total. The van der Waals surface area contributed by atoms with E-state index in [0.29, 0.717) is 29.8 Å². The summed E-state index contributed by atoms with van der Waals surface area (Å²) in [7, 11) is 0. The van der Waals surface area contributed by atoms with E-state index in [1.165, 1.54) is 116 Å². The van der Waals surface area contributed by atoms with Crippen LogP contribution in [-0.2, 0) is 4.79 Å². The molecule has 0 saturated heterocycles. The molecule has 2 aliphatic rings. The summed E-state index contributed by atoms with van der Waals surface area (Å²) in [5.41, 5.74) is 0. The Hall–Kier alpha value is -0.530. The molecule has 0 aromatic heterocycles. The molecule has 4 atom stereocenters. The van der Waals surface area contributed by atoms with Crippen molar-refractivity contribution >= 4 is 5.91 Å². The van der Waals surface area contributed by atoms with Crippen LogP contribution in [0.25, 0.3) is 0 Å². The van der Waals surface area contributed by atoms with Crippen LogP contribution in [-0.4, -0.2) is 22.9 Å². The van der Waals surface area contributed by atoms with E-state index in [0.717, 1.165) is 12.8 Å². The second-order valence-electron chi connectivity index (χ2n) is 10.7. The Morgan fingerprint density at radius 1 is 0.633 bits per heavy atom. The first-order valence-corrected chi connectivity index (χ1v) is 14.0. The van der Waals surface area contributed by atoms with Gasteiger partial charge in [-0.3, -0.25) is 4.79 Å². The fraction of sp³-hybridized carbons (Fsp3) is 0.964. The molecule has 0 aromatic carbocycles. The highest BCUT2D eigenvalue weighted by molar-refractivity contribution is 5.77. The number of carbonyl (C=O) groups excluding carboxylic acids is 1. The summed E-state index contributed by atoms with van der Waals surface area (Å²) in [5.74, 6) is 1.87. The zero-order valence-electron chi connectivity index (χ0n) is 20.8. The van der Waals surface area contributed by atoms with Gasteiger partial charge in [0, 0.05) is 18.5 Å². The predicted octanol–water partition coefficient (Wildman–Crippen LogP) is 8.67. The molecule has 0 spiro atoms. The summed E-state index contributed by atoms with van der Waals surface area (Å²) < 4.78 is 0. The maximum atomic E-state index is 13.4. The molecular weight excluding hydrogens is 366 g/mol. The van der Waals surface area contributed by atoms with Gasteiger partial charge < -0.3 is 4.90 Å². The molecule has 1 amide bonds. The predicted molar refractivity (Wildman–Crippen MR) is 131 cm³/mol. The first kappa shape index (κ1) is 25.7. The van der Waals surface area contributed by atoms with E-state index in [2.05, 4.69) is 25.7 Å². The van der Waals surface area contributed by atoms with E-state index in [4.69, 9.17) is 0 Å². The third-order valence-corrected chi connectivity index (χ3v) is 8.13. The van der Waals surface area contributed by atoms with E-state index in [-0.39, 0.29) is 0 Å². The second-order valence-corrected chi connectivity index (χ2v) is 10.7. The van der Waals surface area contributed by atoms with E-state index < -0.39 is 0 Å². The van der Waals surface area contributed by atoms with Gasteiger partial charge in [-0.2, -0.15) is 0 Å². The van der Waals surface area contributed by atoms with Crippen molar-refractivity contribution in [2.24, 2.45) is 11.8 Å². The SMILES string of the molecule is CCCCCCCCCCCCCC(=O)N(C1CCCCC1C)C1CCCCC1C. The van der Waals surface area contributed by atoms with Crippen LogP contribution in [0, 0.1) is 11.8 Å². The van der Waals surface area contributed by atoms with Gasteiger partial charge in [-0.1, -0.05) is 111 Å². The zero-order chi connectivity index (χ0) is 21.6. The van der Waals surface area contributed by atoms with Crippen LogP contribution in [0.1, 0.15) is 149 Å². The van der Waals surface area contributed by atoms with Gasteiger partial charge in [0.05, 0.1) is 0 Å². The maximum absolute atomic E-state index is 13.4. The molecule has 4 unspecified atom stereocenters. The Kier molecular flexibility index (Phi) is 13.1. The molecule has 2 rings (SSSR count). The molecule has 2 saturated carbocycles. The van der Waals surface area contributed by atoms with Gasteiger partial charge in [0.2, 0.25) is 5.91 Å². The first-order chi connectivity index (χ1) is 14.6. The summed E-state index contributed by atoms with van der Waals surface area (Å²) in [4.78, 5) is 15.9. The van der Waals surface area contributed by atoms with Crippen LogP contribution in [0.4, 0.5) is 0 Å². The highest BCUT2D eigenvalue weighted by Crippen LogP contribution is 2.36. The van der Waals surface area contributed by atoms with Crippen LogP contribution in [0.15, 0.2) is 0 Å². The minimum atomic E-state index is 0.489. The summed E-state index contributed by atoms with van der Waals surface area (Å²) in [6.45, 7) is 7.09. The lowest BCUT2D eigenvalue weighted by Crippen LogP contribution is -2.53. The highest BCUT2D eigenvalue weighted by Gasteiger charge is 2.37. The monoisotopic (exact) mass is 419 g/mol. The minimum Gasteiger partial charge on any atom is -0.336 e. The highest BCUT2D eigenvalue weighted by atomic mass is 16.2. The van der Waals surface area contributed by atoms with Crippen molar-refractivity contribution < 1.29 is 4.79 Å². The van der Waals surface area contributed by atoms with Crippen LogP contribution in [0.2, 0.25) is 0 Å². The van der Waals surface area contributed by atoms with Gasteiger partial charge >= 0.3 is 0 Å². The quantitative estimate of drug-likeness (QED) is 0.258. The Morgan fingerprint density at radius 3 is 1.47 bits per heavy atom. The number of rotatable bonds is 14. The maximum Gasteiger partial charge on any atom is 0.223 e. The fourth-order valence-electron chi connectivity index (χ4n) is 6.11. The van der Waals surface area contributed by atoms with Gasteiger partial charge in [0.25, 0.3) is 0 Å². The number of unbranched alkanes of at least 4 members (excludes halogenated alkanes) is 10. The zero-order valence-corrected chi connectivity index (χ0v) is 20.8. The van der Waals surface area contributed by atoms with Crippen molar-refractivity contribution in [3.05, 3.63) is 0 Å². The molecule has 0 aromatic rings. The molecule has 176 valence electrons. The van der Waals surface area contributed by atoms with Crippen LogP contribution < -0.4 is 0 Å². The van der Waals surface area contributed by atoms with Crippen molar-refractivity contribution in [3.63, 3.8) is 0 Å². The van der Waals surface area contributed by atoms with Crippen LogP contribution in [0.5, 0.6) is 0 Å². The van der Waals surface area contributed by atoms with E-state index in [1.807, 2.05) is 0 Å². The minimum absolute atomic E-state index is 0.489. The third-order valence-electron chi connectivity index (χ3n) is 8.13. The average molecular weight is 420 g/mol. The molecule has 0 bridgehead atoms. The first-order valence-electron chi connectivity index (χ1n) is 14.0. The summed E-state index contributed by atoms with van der Waals surface area (Å²) in [6.07, 6.45) is 26.1. The van der Waals surface area contributed by atoms with E-state index in [1.54, 1.807) is 0 Å². The van der Waals surface area contributed by atoms with E-state index >= 15 is 0 Å². The Balaban J connectivity index is 1.70. The number of nitrogens with zero attached hydrogens (tertiary/aromatic N) is 1. The van der Waals surface area contributed by atoms with Gasteiger partial charge in [0.15, 0.2) is 0 Å². The van der Waals surface area contributed by atoms with Crippen molar-refractivity contribution in [2.75, 3.05) is 0 Å². The number of hydrogen-bond donors (Lipinski definition) is 0. The Bertz CT molecular complexity index is 426. The van der Waals surface area contributed by atoms with E-state index in [9.17, 15) is 4.79 Å². The smallest absolute Gasteiger partial charge is 0.223 e. The molecule has 2 fully saturated rings. The van der Waals surface area contributed by atoms with Gasteiger partial charge in [-0.15, -0.1) is 0 Å². The average Bonchev–Trinajstić information content (AvgIpc) is 2.75. The van der Waals surface area contributed by atoms with Gasteiger partial charge in [0.1, 0.15) is 0 Å². The fourth-order valence-corrected chi connectivity index (χ4v) is 6.11. The van der Waals surface area contributed by atoms with Gasteiger partial charge in [-0.05, 0) is 43.9 Å². The summed E-state index contributed by atoms with van der Waals surface area (Å²) >= 11 is 0. The lowest BCUT2D eigenvalue weighted by molar-refractivity contribution is -0.141. The molecule has 0 aliphatic heterocycles. The molecular formula is C28H53NO. The van der Waals surface area contributed by atoms with Crippen LogP contribution >= 0.6 is 0 Å². The Labute approximate surface area is 189 Å².